The Morgan fingerprint density at radius 1 is 0.742 bits per heavy atom. The minimum absolute atomic E-state index is 0.0387. The van der Waals surface area contributed by atoms with E-state index in [-0.39, 0.29) is 18.6 Å². The van der Waals surface area contributed by atoms with Crippen molar-refractivity contribution < 1.29 is 14.6 Å². The normalized spacial score (nSPS) is 12.0. The fraction of sp³-hybridized carbons (Fsp3) is 0.269. The highest BCUT2D eigenvalue weighted by Crippen LogP contribution is 2.23. The third-order valence-corrected chi connectivity index (χ3v) is 5.89. The van der Waals surface area contributed by atoms with E-state index in [1.54, 1.807) is 6.07 Å². The molecule has 4 N–H and O–H groups in total. The Balaban J connectivity index is 1.60. The lowest BCUT2D eigenvalue weighted by atomic mass is 9.93. The molecule has 4 aromatic rings. The van der Waals surface area contributed by atoms with E-state index in [0.29, 0.717) is 34.8 Å². The Bertz CT molecular complexity index is 1240. The monoisotopic (exact) mass is 417 g/mol. The lowest BCUT2D eigenvalue weighted by Crippen LogP contribution is -2.47. The summed E-state index contributed by atoms with van der Waals surface area (Å²) >= 11 is 0. The summed E-state index contributed by atoms with van der Waals surface area (Å²) in [6, 6.07) is 21.6. The van der Waals surface area contributed by atoms with E-state index in [1.807, 2.05) is 48.5 Å². The minimum atomic E-state index is -1.02. The number of fused-ring (bicyclic) bond motifs is 2. The summed E-state index contributed by atoms with van der Waals surface area (Å²) in [4.78, 5) is 13.1. The molecule has 1 heterocycles. The van der Waals surface area contributed by atoms with Gasteiger partial charge in [0.2, 0.25) is 5.43 Å². The van der Waals surface area contributed by atoms with Crippen LogP contribution in [0.1, 0.15) is 23.1 Å². The van der Waals surface area contributed by atoms with Gasteiger partial charge in [-0.3, -0.25) is 4.79 Å². The van der Waals surface area contributed by atoms with Crippen molar-refractivity contribution >= 4 is 21.9 Å². The Morgan fingerprint density at radius 3 is 2.16 bits per heavy atom. The van der Waals surface area contributed by atoms with Gasteiger partial charge in [0.15, 0.2) is 0 Å². The number of benzene rings is 3. The van der Waals surface area contributed by atoms with Crippen LogP contribution in [0.2, 0.25) is 0 Å². The number of aliphatic hydroxyl groups excluding tert-OH is 2. The van der Waals surface area contributed by atoms with Gasteiger partial charge in [0.25, 0.3) is 0 Å². The van der Waals surface area contributed by atoms with Crippen LogP contribution in [0, 0.1) is 0 Å². The summed E-state index contributed by atoms with van der Waals surface area (Å²) < 4.78 is 6.04. The van der Waals surface area contributed by atoms with Crippen LogP contribution in [0.4, 0.5) is 0 Å². The summed E-state index contributed by atoms with van der Waals surface area (Å²) in [5.41, 5.74) is 9.31. The standard InChI is InChI=1S/C26H27NO4/c27-26(16-28,17-29)13-12-20-8-10-21-24(15-20)31-23-11-9-19(14-22(23)25(21)30)7-6-18-4-2-1-3-5-18/h1-5,8-11,14-15,28-29H,6-7,12-13,16-17,27H2. The van der Waals surface area contributed by atoms with Gasteiger partial charge < -0.3 is 20.4 Å². The van der Waals surface area contributed by atoms with Crippen molar-refractivity contribution in [3.05, 3.63) is 93.6 Å². The molecule has 0 aliphatic carbocycles. The third-order valence-electron chi connectivity index (χ3n) is 5.89. The molecule has 0 atom stereocenters. The molecule has 3 aromatic carbocycles. The number of rotatable bonds is 8. The zero-order valence-corrected chi connectivity index (χ0v) is 17.4. The summed E-state index contributed by atoms with van der Waals surface area (Å²) in [7, 11) is 0. The zero-order valence-electron chi connectivity index (χ0n) is 17.4. The number of aryl methyl sites for hydroxylation is 3. The largest absolute Gasteiger partial charge is 0.456 e. The molecule has 0 radical (unpaired) electrons. The quantitative estimate of drug-likeness (QED) is 0.382. The lowest BCUT2D eigenvalue weighted by Gasteiger charge is -2.24. The van der Waals surface area contributed by atoms with Crippen molar-refractivity contribution in [3.8, 4) is 0 Å². The van der Waals surface area contributed by atoms with E-state index in [2.05, 4.69) is 12.1 Å². The first-order valence-corrected chi connectivity index (χ1v) is 10.5. The molecule has 0 unspecified atom stereocenters. The second-order valence-electron chi connectivity index (χ2n) is 8.26. The molecule has 0 saturated carbocycles. The Morgan fingerprint density at radius 2 is 1.42 bits per heavy atom. The molecule has 1 aromatic heterocycles. The van der Waals surface area contributed by atoms with Crippen LogP contribution in [0.3, 0.4) is 0 Å². The number of hydrogen-bond acceptors (Lipinski definition) is 5. The first-order chi connectivity index (χ1) is 15.0. The summed E-state index contributed by atoms with van der Waals surface area (Å²) in [5, 5.41) is 19.9. The van der Waals surface area contributed by atoms with Crippen molar-refractivity contribution in [1.82, 2.24) is 0 Å². The van der Waals surface area contributed by atoms with E-state index in [0.717, 1.165) is 24.0 Å². The van der Waals surface area contributed by atoms with E-state index in [4.69, 9.17) is 10.2 Å². The highest BCUT2D eigenvalue weighted by Gasteiger charge is 2.22. The Hall–Kier alpha value is -2.99. The molecule has 4 rings (SSSR count). The maximum absolute atomic E-state index is 13.1. The molecule has 0 amide bonds. The third kappa shape index (κ3) is 4.69. The lowest BCUT2D eigenvalue weighted by molar-refractivity contribution is 0.115. The van der Waals surface area contributed by atoms with E-state index >= 15 is 0 Å². The molecule has 31 heavy (non-hydrogen) atoms. The molecule has 5 heteroatoms. The smallest absolute Gasteiger partial charge is 0.200 e. The van der Waals surface area contributed by atoms with Crippen LogP contribution >= 0.6 is 0 Å². The molecule has 0 saturated heterocycles. The van der Waals surface area contributed by atoms with Crippen LogP contribution in [-0.4, -0.2) is 29.0 Å². The minimum Gasteiger partial charge on any atom is -0.456 e. The molecule has 0 bridgehead atoms. The Labute approximate surface area is 180 Å². The fourth-order valence-electron chi connectivity index (χ4n) is 3.79. The predicted molar refractivity (Wildman–Crippen MR) is 123 cm³/mol. The van der Waals surface area contributed by atoms with Crippen molar-refractivity contribution in [2.24, 2.45) is 5.73 Å². The van der Waals surface area contributed by atoms with Crippen molar-refractivity contribution in [1.29, 1.82) is 0 Å². The van der Waals surface area contributed by atoms with Crippen LogP contribution in [-0.2, 0) is 19.3 Å². The average molecular weight is 418 g/mol. The van der Waals surface area contributed by atoms with Crippen LogP contribution < -0.4 is 11.2 Å². The first kappa shape index (κ1) is 21.2. The highest BCUT2D eigenvalue weighted by molar-refractivity contribution is 5.90. The zero-order chi connectivity index (χ0) is 21.8. The summed E-state index contributed by atoms with van der Waals surface area (Å²) in [6.45, 7) is -0.577. The van der Waals surface area contributed by atoms with Gasteiger partial charge >= 0.3 is 0 Å². The van der Waals surface area contributed by atoms with Crippen molar-refractivity contribution in [2.45, 2.75) is 31.2 Å². The van der Waals surface area contributed by atoms with Crippen LogP contribution in [0.5, 0.6) is 0 Å². The maximum Gasteiger partial charge on any atom is 0.200 e. The number of nitrogens with two attached hydrogens (primary N) is 1. The van der Waals surface area contributed by atoms with Crippen molar-refractivity contribution in [3.63, 3.8) is 0 Å². The van der Waals surface area contributed by atoms with E-state index < -0.39 is 5.54 Å². The van der Waals surface area contributed by atoms with Gasteiger partial charge in [0.1, 0.15) is 11.2 Å². The molecule has 0 fully saturated rings. The molecular weight excluding hydrogens is 390 g/mol. The van der Waals surface area contributed by atoms with Gasteiger partial charge in [-0.2, -0.15) is 0 Å². The van der Waals surface area contributed by atoms with Gasteiger partial charge in [-0.25, -0.2) is 0 Å². The number of aliphatic hydroxyl groups is 2. The second-order valence-corrected chi connectivity index (χ2v) is 8.26. The topological polar surface area (TPSA) is 96.7 Å². The molecule has 0 aliphatic heterocycles. The second kappa shape index (κ2) is 9.02. The SMILES string of the molecule is NC(CO)(CO)CCc1ccc2c(=O)c3cc(CCc4ccccc4)ccc3oc2c1. The van der Waals surface area contributed by atoms with Crippen molar-refractivity contribution in [2.75, 3.05) is 13.2 Å². The van der Waals surface area contributed by atoms with Crippen LogP contribution in [0.25, 0.3) is 21.9 Å². The molecule has 0 aliphatic rings. The fourth-order valence-corrected chi connectivity index (χ4v) is 3.79. The predicted octanol–water partition coefficient (Wildman–Crippen LogP) is 3.35. The van der Waals surface area contributed by atoms with Gasteiger partial charge in [-0.05, 0) is 66.6 Å². The van der Waals surface area contributed by atoms with Gasteiger partial charge in [0.05, 0.1) is 29.5 Å². The molecular formula is C26H27NO4. The Kier molecular flexibility index (Phi) is 6.18. The molecule has 5 nitrogen and oxygen atoms in total. The summed E-state index contributed by atoms with van der Waals surface area (Å²) in [6.07, 6.45) is 2.76. The molecule has 160 valence electrons. The van der Waals surface area contributed by atoms with E-state index in [9.17, 15) is 15.0 Å². The first-order valence-electron chi connectivity index (χ1n) is 10.5. The van der Waals surface area contributed by atoms with Gasteiger partial charge in [-0.1, -0.05) is 42.5 Å². The van der Waals surface area contributed by atoms with Gasteiger partial charge in [0, 0.05) is 0 Å². The average Bonchev–Trinajstić information content (AvgIpc) is 2.82. The maximum atomic E-state index is 13.1. The highest BCUT2D eigenvalue weighted by atomic mass is 16.3. The molecule has 0 spiro atoms. The van der Waals surface area contributed by atoms with Crippen LogP contribution in [0.15, 0.2) is 75.9 Å². The summed E-state index contributed by atoms with van der Waals surface area (Å²) in [5.74, 6) is 0. The van der Waals surface area contributed by atoms with E-state index in [1.165, 1.54) is 5.56 Å². The number of hydrogen-bond donors (Lipinski definition) is 3. The van der Waals surface area contributed by atoms with Gasteiger partial charge in [-0.15, -0.1) is 0 Å².